The van der Waals surface area contributed by atoms with Gasteiger partial charge in [-0.15, -0.1) is 0 Å². The number of amides is 2. The third kappa shape index (κ3) is 3.60. The lowest BCUT2D eigenvalue weighted by molar-refractivity contribution is 0.122. The van der Waals surface area contributed by atoms with Gasteiger partial charge < -0.3 is 20.5 Å². The average Bonchev–Trinajstić information content (AvgIpc) is 2.83. The number of urea groups is 1. The van der Waals surface area contributed by atoms with Crippen LogP contribution in [-0.2, 0) is 0 Å². The summed E-state index contributed by atoms with van der Waals surface area (Å²) in [7, 11) is 1.56. The Morgan fingerprint density at radius 2 is 2.33 bits per heavy atom. The van der Waals surface area contributed by atoms with Gasteiger partial charge in [0.15, 0.2) is 0 Å². The first kappa shape index (κ1) is 15.9. The smallest absolute Gasteiger partial charge is 0.319 e. The lowest BCUT2D eigenvalue weighted by atomic mass is 9.86. The van der Waals surface area contributed by atoms with Crippen LogP contribution in [-0.4, -0.2) is 30.9 Å². The highest BCUT2D eigenvalue weighted by atomic mass is 35.5. The van der Waals surface area contributed by atoms with Crippen molar-refractivity contribution in [2.75, 3.05) is 19.0 Å². The Morgan fingerprint density at radius 3 is 2.95 bits per heavy atom. The summed E-state index contributed by atoms with van der Waals surface area (Å²) in [6.45, 7) is 2.06. The molecule has 116 valence electrons. The quantitative estimate of drug-likeness (QED) is 0.800. The van der Waals surface area contributed by atoms with Gasteiger partial charge >= 0.3 is 6.03 Å². The van der Waals surface area contributed by atoms with E-state index in [0.29, 0.717) is 16.5 Å². The van der Waals surface area contributed by atoms with Crippen LogP contribution >= 0.6 is 11.6 Å². The highest BCUT2D eigenvalue weighted by Gasteiger charge is 2.39. The van der Waals surface area contributed by atoms with Gasteiger partial charge in [-0.2, -0.15) is 0 Å². The largest absolute Gasteiger partial charge is 0.497 e. The number of aliphatic hydroxyl groups is 1. The van der Waals surface area contributed by atoms with E-state index in [4.69, 9.17) is 16.3 Å². The number of carbonyl (C=O) groups excluding carboxylic acids is 1. The van der Waals surface area contributed by atoms with Crippen LogP contribution in [0.25, 0.3) is 0 Å². The maximum absolute atomic E-state index is 12.1. The van der Waals surface area contributed by atoms with Gasteiger partial charge in [0.1, 0.15) is 5.75 Å². The molecule has 0 aliphatic heterocycles. The summed E-state index contributed by atoms with van der Waals surface area (Å²) >= 11 is 6.09. The maximum atomic E-state index is 12.1. The van der Waals surface area contributed by atoms with Crippen LogP contribution in [0, 0.1) is 5.41 Å². The second-order valence-electron chi connectivity index (χ2n) is 5.70. The predicted octanol–water partition coefficient (Wildman–Crippen LogP) is 3.02. The van der Waals surface area contributed by atoms with E-state index in [0.717, 1.165) is 19.3 Å². The first-order valence-electron chi connectivity index (χ1n) is 7.00. The minimum absolute atomic E-state index is 0.0282. The summed E-state index contributed by atoms with van der Waals surface area (Å²) in [4.78, 5) is 12.1. The Morgan fingerprint density at radius 1 is 1.57 bits per heavy atom. The zero-order valence-electron chi connectivity index (χ0n) is 12.3. The third-order valence-electron chi connectivity index (χ3n) is 4.17. The molecular formula is C15H21ClN2O3. The van der Waals surface area contributed by atoms with Crippen molar-refractivity contribution in [3.63, 3.8) is 0 Å². The molecule has 0 spiro atoms. The molecule has 6 heteroatoms. The van der Waals surface area contributed by atoms with Gasteiger partial charge in [0, 0.05) is 17.5 Å². The minimum Gasteiger partial charge on any atom is -0.497 e. The first-order valence-corrected chi connectivity index (χ1v) is 7.38. The Balaban J connectivity index is 1.99. The monoisotopic (exact) mass is 312 g/mol. The highest BCUT2D eigenvalue weighted by Crippen LogP contribution is 2.37. The zero-order chi connectivity index (χ0) is 15.5. The lowest BCUT2D eigenvalue weighted by Gasteiger charge is -2.30. The zero-order valence-corrected chi connectivity index (χ0v) is 13.0. The van der Waals surface area contributed by atoms with Crippen LogP contribution in [0.3, 0.4) is 0 Å². The van der Waals surface area contributed by atoms with Crippen LogP contribution < -0.4 is 15.4 Å². The Bertz CT molecular complexity index is 524. The van der Waals surface area contributed by atoms with Gasteiger partial charge in [0.25, 0.3) is 0 Å². The molecule has 1 aromatic carbocycles. The summed E-state index contributed by atoms with van der Waals surface area (Å²) in [5, 5.41) is 15.6. The number of hydrogen-bond acceptors (Lipinski definition) is 3. The van der Waals surface area contributed by atoms with Crippen LogP contribution in [0.5, 0.6) is 5.75 Å². The molecule has 0 aromatic heterocycles. The number of nitrogens with one attached hydrogen (secondary N) is 2. The highest BCUT2D eigenvalue weighted by molar-refractivity contribution is 6.33. The molecule has 2 atom stereocenters. The fourth-order valence-electron chi connectivity index (χ4n) is 2.71. The Hall–Kier alpha value is -1.46. The molecule has 0 radical (unpaired) electrons. The summed E-state index contributed by atoms with van der Waals surface area (Å²) in [5.41, 5.74) is 0.278. The molecular weight excluding hydrogens is 292 g/mol. The maximum Gasteiger partial charge on any atom is 0.319 e. The molecule has 0 heterocycles. The molecule has 2 amide bonds. The number of aliphatic hydroxyl groups excluding tert-OH is 1. The molecule has 5 nitrogen and oxygen atoms in total. The lowest BCUT2D eigenvalue weighted by Crippen LogP contribution is -2.46. The Labute approximate surface area is 129 Å². The molecule has 21 heavy (non-hydrogen) atoms. The fraction of sp³-hybridized carbons (Fsp3) is 0.533. The number of anilines is 1. The molecule has 2 unspecified atom stereocenters. The van der Waals surface area contributed by atoms with E-state index in [1.54, 1.807) is 25.3 Å². The molecule has 0 saturated heterocycles. The van der Waals surface area contributed by atoms with Crippen molar-refractivity contribution in [3.8, 4) is 5.75 Å². The number of rotatable bonds is 4. The first-order chi connectivity index (χ1) is 9.98. The molecule has 1 aliphatic carbocycles. The number of hydrogen-bond donors (Lipinski definition) is 3. The number of carbonyl (C=O) groups is 1. The normalized spacial score (nSPS) is 24.7. The van der Waals surface area contributed by atoms with Crippen LogP contribution in [0.1, 0.15) is 26.2 Å². The number of halogens is 1. The molecule has 1 aromatic rings. The number of benzene rings is 1. The van der Waals surface area contributed by atoms with Crippen LogP contribution in [0.4, 0.5) is 10.5 Å². The van der Waals surface area contributed by atoms with Gasteiger partial charge in [-0.25, -0.2) is 4.79 Å². The summed E-state index contributed by atoms with van der Waals surface area (Å²) in [6, 6.07) is 4.73. The van der Waals surface area contributed by atoms with E-state index >= 15 is 0 Å². The second-order valence-corrected chi connectivity index (χ2v) is 6.11. The second kappa shape index (κ2) is 6.54. The molecule has 1 saturated carbocycles. The van der Waals surface area contributed by atoms with Crippen molar-refractivity contribution in [3.05, 3.63) is 23.2 Å². The Kier molecular flexibility index (Phi) is 4.96. The van der Waals surface area contributed by atoms with Crippen molar-refractivity contribution in [2.45, 2.75) is 32.2 Å². The topological polar surface area (TPSA) is 70.6 Å². The molecule has 0 bridgehead atoms. The molecule has 1 fully saturated rings. The van der Waals surface area contributed by atoms with Crippen molar-refractivity contribution in [1.82, 2.24) is 5.32 Å². The van der Waals surface area contributed by atoms with Crippen molar-refractivity contribution >= 4 is 23.3 Å². The van der Waals surface area contributed by atoms with Gasteiger partial charge in [-0.05, 0) is 25.0 Å². The van der Waals surface area contributed by atoms with Crippen LogP contribution in [0.2, 0.25) is 5.02 Å². The SMILES string of the molecule is COc1ccc(NC(=O)NC2CCCC2(C)CO)c(Cl)c1. The predicted molar refractivity (Wildman–Crippen MR) is 83.0 cm³/mol. The minimum atomic E-state index is -0.311. The standard InChI is InChI=1S/C15H21ClN2O3/c1-15(9-19)7-3-4-13(15)18-14(20)17-12-6-5-10(21-2)8-11(12)16/h5-6,8,13,19H,3-4,7,9H2,1-2H3,(H2,17,18,20). The third-order valence-corrected chi connectivity index (χ3v) is 4.49. The van der Waals surface area contributed by atoms with Gasteiger partial charge in [0.2, 0.25) is 0 Å². The number of ether oxygens (including phenoxy) is 1. The summed E-state index contributed by atoms with van der Waals surface area (Å²) in [5.74, 6) is 0.634. The van der Waals surface area contributed by atoms with Gasteiger partial charge in [-0.3, -0.25) is 0 Å². The molecule has 1 aliphatic rings. The van der Waals surface area contributed by atoms with Gasteiger partial charge in [-0.1, -0.05) is 24.9 Å². The number of methoxy groups -OCH3 is 1. The van der Waals surface area contributed by atoms with Gasteiger partial charge in [0.05, 0.1) is 24.4 Å². The van der Waals surface area contributed by atoms with E-state index < -0.39 is 0 Å². The van der Waals surface area contributed by atoms with Crippen molar-refractivity contribution in [1.29, 1.82) is 0 Å². The van der Waals surface area contributed by atoms with E-state index in [1.165, 1.54) is 0 Å². The molecule has 2 rings (SSSR count). The van der Waals surface area contributed by atoms with Crippen LogP contribution in [0.15, 0.2) is 18.2 Å². The summed E-state index contributed by atoms with van der Waals surface area (Å²) in [6.07, 6.45) is 2.80. The van der Waals surface area contributed by atoms with Crippen molar-refractivity contribution in [2.24, 2.45) is 5.41 Å². The van der Waals surface area contributed by atoms with E-state index in [-0.39, 0.29) is 24.1 Å². The van der Waals surface area contributed by atoms with E-state index in [9.17, 15) is 9.90 Å². The van der Waals surface area contributed by atoms with E-state index in [2.05, 4.69) is 10.6 Å². The summed E-state index contributed by atoms with van der Waals surface area (Å²) < 4.78 is 5.06. The molecule has 3 N–H and O–H groups in total. The van der Waals surface area contributed by atoms with Crippen molar-refractivity contribution < 1.29 is 14.6 Å². The average molecular weight is 313 g/mol. The van der Waals surface area contributed by atoms with E-state index in [1.807, 2.05) is 6.92 Å². The fourth-order valence-corrected chi connectivity index (χ4v) is 2.93.